The Bertz CT molecular complexity index is 1110. The van der Waals surface area contributed by atoms with Crippen LogP contribution in [0.25, 0.3) is 22.5 Å². The van der Waals surface area contributed by atoms with Crippen molar-refractivity contribution in [3.63, 3.8) is 0 Å². The lowest BCUT2D eigenvalue weighted by atomic mass is 10.1. The number of amides is 2. The van der Waals surface area contributed by atoms with Crippen molar-refractivity contribution in [3.8, 4) is 22.5 Å². The number of alkyl halides is 3. The summed E-state index contributed by atoms with van der Waals surface area (Å²) in [5.74, 6) is 0. The van der Waals surface area contributed by atoms with Crippen LogP contribution < -0.4 is 10.6 Å². The average Bonchev–Trinajstić information content (AvgIpc) is 3.18. The predicted molar refractivity (Wildman–Crippen MR) is 114 cm³/mol. The van der Waals surface area contributed by atoms with Gasteiger partial charge in [-0.3, -0.25) is 5.10 Å². The highest BCUT2D eigenvalue weighted by molar-refractivity contribution is 6.05. The third kappa shape index (κ3) is 4.58. The highest BCUT2D eigenvalue weighted by Crippen LogP contribution is 2.35. The molecular weight excluding hydrogens is 405 g/mol. The molecule has 4 aromatic rings. The lowest BCUT2D eigenvalue weighted by Gasteiger charge is -2.11. The van der Waals surface area contributed by atoms with E-state index < -0.39 is 17.8 Å². The summed E-state index contributed by atoms with van der Waals surface area (Å²) in [5.41, 5.74) is 2.68. The van der Waals surface area contributed by atoms with Crippen LogP contribution in [0.3, 0.4) is 0 Å². The van der Waals surface area contributed by atoms with E-state index in [0.29, 0.717) is 17.1 Å². The Morgan fingerprint density at radius 3 is 1.94 bits per heavy atom. The van der Waals surface area contributed by atoms with E-state index in [-0.39, 0.29) is 5.69 Å². The van der Waals surface area contributed by atoms with Gasteiger partial charge in [-0.2, -0.15) is 18.3 Å². The molecule has 0 radical (unpaired) electrons. The topological polar surface area (TPSA) is 69.8 Å². The minimum absolute atomic E-state index is 0.233. The van der Waals surface area contributed by atoms with Gasteiger partial charge in [-0.1, -0.05) is 60.7 Å². The first-order valence-electron chi connectivity index (χ1n) is 9.36. The minimum atomic E-state index is -4.44. The fourth-order valence-corrected chi connectivity index (χ4v) is 3.10. The minimum Gasteiger partial charge on any atom is -0.308 e. The molecule has 156 valence electrons. The molecule has 3 N–H and O–H groups in total. The van der Waals surface area contributed by atoms with E-state index in [4.69, 9.17) is 0 Å². The number of anilines is 2. The van der Waals surface area contributed by atoms with Crippen molar-refractivity contribution in [3.05, 3.63) is 90.5 Å². The summed E-state index contributed by atoms with van der Waals surface area (Å²) in [6.45, 7) is 0. The standard InChI is InChI=1S/C23H17F3N4O/c24-23(25,26)17-11-13-18(14-12-17)27-22(31)28-21-19(15-7-3-1-4-8-15)29-30-20(21)16-9-5-2-6-10-16/h1-14H,(H,29,30)(H2,27,28,31). The van der Waals surface area contributed by atoms with Gasteiger partial charge in [0.15, 0.2) is 0 Å². The van der Waals surface area contributed by atoms with Gasteiger partial charge in [0.05, 0.1) is 16.9 Å². The molecule has 3 aromatic carbocycles. The van der Waals surface area contributed by atoms with Crippen molar-refractivity contribution in [2.45, 2.75) is 6.18 Å². The Balaban J connectivity index is 1.62. The largest absolute Gasteiger partial charge is 0.416 e. The van der Waals surface area contributed by atoms with E-state index >= 15 is 0 Å². The summed E-state index contributed by atoms with van der Waals surface area (Å²) in [7, 11) is 0. The number of aromatic amines is 1. The van der Waals surface area contributed by atoms with E-state index in [1.165, 1.54) is 12.1 Å². The monoisotopic (exact) mass is 422 g/mol. The Hall–Kier alpha value is -4.07. The zero-order valence-corrected chi connectivity index (χ0v) is 16.1. The second kappa shape index (κ2) is 8.35. The highest BCUT2D eigenvalue weighted by Gasteiger charge is 2.30. The predicted octanol–water partition coefficient (Wildman–Crippen LogP) is 6.41. The van der Waals surface area contributed by atoms with Gasteiger partial charge in [-0.25, -0.2) is 4.79 Å². The van der Waals surface area contributed by atoms with E-state index in [1.807, 2.05) is 60.7 Å². The van der Waals surface area contributed by atoms with Crippen molar-refractivity contribution >= 4 is 17.4 Å². The first kappa shape index (κ1) is 20.2. The number of carbonyl (C=O) groups is 1. The van der Waals surface area contributed by atoms with Crippen LogP contribution in [0, 0.1) is 0 Å². The Morgan fingerprint density at radius 1 is 0.774 bits per heavy atom. The summed E-state index contributed by atoms with van der Waals surface area (Å²) in [6, 6.07) is 22.3. The van der Waals surface area contributed by atoms with Gasteiger partial charge in [-0.15, -0.1) is 0 Å². The molecule has 0 spiro atoms. The van der Waals surface area contributed by atoms with Gasteiger partial charge in [0, 0.05) is 16.8 Å². The van der Waals surface area contributed by atoms with Gasteiger partial charge in [-0.05, 0) is 24.3 Å². The van der Waals surface area contributed by atoms with Crippen LogP contribution in [0.1, 0.15) is 5.56 Å². The first-order valence-corrected chi connectivity index (χ1v) is 9.36. The Kier molecular flexibility index (Phi) is 5.44. The van der Waals surface area contributed by atoms with E-state index in [9.17, 15) is 18.0 Å². The van der Waals surface area contributed by atoms with Crippen molar-refractivity contribution < 1.29 is 18.0 Å². The number of hydrogen-bond acceptors (Lipinski definition) is 2. The SMILES string of the molecule is O=C(Nc1ccc(C(F)(F)F)cc1)Nc1c(-c2ccccc2)n[nH]c1-c1ccccc1. The zero-order chi connectivity index (χ0) is 21.8. The number of urea groups is 1. The molecule has 31 heavy (non-hydrogen) atoms. The summed E-state index contributed by atoms with van der Waals surface area (Å²) in [6.07, 6.45) is -4.44. The smallest absolute Gasteiger partial charge is 0.308 e. The fraction of sp³-hybridized carbons (Fsp3) is 0.0435. The van der Waals surface area contributed by atoms with Gasteiger partial charge < -0.3 is 10.6 Å². The lowest BCUT2D eigenvalue weighted by Crippen LogP contribution is -2.20. The molecule has 4 rings (SSSR count). The maximum absolute atomic E-state index is 12.7. The van der Waals surface area contributed by atoms with Crippen LogP contribution in [-0.2, 0) is 6.18 Å². The lowest BCUT2D eigenvalue weighted by molar-refractivity contribution is -0.137. The number of H-pyrrole nitrogens is 1. The molecule has 0 unspecified atom stereocenters. The summed E-state index contributed by atoms with van der Waals surface area (Å²) < 4.78 is 38.2. The number of rotatable bonds is 4. The third-order valence-corrected chi connectivity index (χ3v) is 4.58. The van der Waals surface area contributed by atoms with Crippen LogP contribution in [0.5, 0.6) is 0 Å². The molecule has 1 heterocycles. The van der Waals surface area contributed by atoms with Crippen molar-refractivity contribution in [1.82, 2.24) is 10.2 Å². The van der Waals surface area contributed by atoms with Crippen LogP contribution >= 0.6 is 0 Å². The zero-order valence-electron chi connectivity index (χ0n) is 16.1. The molecular formula is C23H17F3N4O. The molecule has 0 aliphatic carbocycles. The second-order valence-electron chi connectivity index (χ2n) is 6.71. The quantitative estimate of drug-likeness (QED) is 0.356. The van der Waals surface area contributed by atoms with E-state index in [1.54, 1.807) is 0 Å². The number of halogens is 3. The van der Waals surface area contributed by atoms with E-state index in [2.05, 4.69) is 20.8 Å². The van der Waals surface area contributed by atoms with Crippen LogP contribution in [-0.4, -0.2) is 16.2 Å². The maximum atomic E-state index is 12.7. The molecule has 5 nitrogen and oxygen atoms in total. The number of carbonyl (C=O) groups excluding carboxylic acids is 1. The van der Waals surface area contributed by atoms with Crippen molar-refractivity contribution in [2.24, 2.45) is 0 Å². The molecule has 0 saturated carbocycles. The summed E-state index contributed by atoms with van der Waals surface area (Å²) in [4.78, 5) is 12.6. The molecule has 8 heteroatoms. The van der Waals surface area contributed by atoms with Gasteiger partial charge in [0.1, 0.15) is 5.69 Å². The normalized spacial score (nSPS) is 11.2. The van der Waals surface area contributed by atoms with Gasteiger partial charge in [0.25, 0.3) is 0 Å². The molecule has 0 atom stereocenters. The number of hydrogen-bond donors (Lipinski definition) is 3. The second-order valence-corrected chi connectivity index (χ2v) is 6.71. The van der Waals surface area contributed by atoms with E-state index in [0.717, 1.165) is 23.3 Å². The number of nitrogens with one attached hydrogen (secondary N) is 3. The number of aromatic nitrogens is 2. The summed E-state index contributed by atoms with van der Waals surface area (Å²) >= 11 is 0. The fourth-order valence-electron chi connectivity index (χ4n) is 3.10. The molecule has 0 fully saturated rings. The first-order chi connectivity index (χ1) is 14.9. The van der Waals surface area contributed by atoms with Crippen LogP contribution in [0.4, 0.5) is 29.3 Å². The third-order valence-electron chi connectivity index (χ3n) is 4.58. The number of benzene rings is 3. The average molecular weight is 422 g/mol. The van der Waals surface area contributed by atoms with Crippen LogP contribution in [0.2, 0.25) is 0 Å². The molecule has 0 saturated heterocycles. The van der Waals surface area contributed by atoms with Gasteiger partial charge >= 0.3 is 12.2 Å². The van der Waals surface area contributed by atoms with Crippen LogP contribution in [0.15, 0.2) is 84.9 Å². The maximum Gasteiger partial charge on any atom is 0.416 e. The molecule has 2 amide bonds. The van der Waals surface area contributed by atoms with Crippen molar-refractivity contribution in [1.29, 1.82) is 0 Å². The molecule has 0 bridgehead atoms. The molecule has 0 aliphatic heterocycles. The number of nitrogens with zero attached hydrogens (tertiary/aromatic N) is 1. The highest BCUT2D eigenvalue weighted by atomic mass is 19.4. The Morgan fingerprint density at radius 2 is 1.35 bits per heavy atom. The molecule has 1 aromatic heterocycles. The molecule has 0 aliphatic rings. The van der Waals surface area contributed by atoms with Crippen molar-refractivity contribution in [2.75, 3.05) is 10.6 Å². The van der Waals surface area contributed by atoms with Gasteiger partial charge in [0.2, 0.25) is 0 Å². The summed E-state index contributed by atoms with van der Waals surface area (Å²) in [5, 5.41) is 12.7. The Labute approximate surface area is 175 Å².